The Balaban J connectivity index is 1.63. The number of hydrogen-bond acceptors (Lipinski definition) is 5. The summed E-state index contributed by atoms with van der Waals surface area (Å²) in [5.74, 6) is 2.84. The van der Waals surface area contributed by atoms with Crippen LogP contribution in [0.15, 0.2) is 46.5 Å². The number of nitrogens with one attached hydrogen (secondary N) is 1. The van der Waals surface area contributed by atoms with E-state index < -0.39 is 0 Å². The number of benzene rings is 1. The Hall–Kier alpha value is -2.41. The van der Waals surface area contributed by atoms with Gasteiger partial charge in [0.1, 0.15) is 0 Å². The molecule has 0 unspecified atom stereocenters. The molecule has 0 saturated carbocycles. The molecule has 0 atom stereocenters. The molecule has 1 aliphatic heterocycles. The zero-order chi connectivity index (χ0) is 17.5. The van der Waals surface area contributed by atoms with Crippen molar-refractivity contribution < 1.29 is 9.47 Å². The smallest absolute Gasteiger partial charge is 0.193 e. The van der Waals surface area contributed by atoms with Crippen LogP contribution in [-0.4, -0.2) is 29.9 Å². The molecule has 25 heavy (non-hydrogen) atoms. The summed E-state index contributed by atoms with van der Waals surface area (Å²) in [6.07, 6.45) is 2.68. The summed E-state index contributed by atoms with van der Waals surface area (Å²) in [4.78, 5) is 8.71. The lowest BCUT2D eigenvalue weighted by Crippen LogP contribution is -2.22. The Kier molecular flexibility index (Phi) is 6.00. The van der Waals surface area contributed by atoms with Gasteiger partial charge in [0.2, 0.25) is 0 Å². The second-order valence-corrected chi connectivity index (χ2v) is 6.76. The van der Waals surface area contributed by atoms with Crippen molar-refractivity contribution in [2.45, 2.75) is 24.9 Å². The fraction of sp³-hybridized carbons (Fsp3) is 0.333. The quantitative estimate of drug-likeness (QED) is 0.485. The summed E-state index contributed by atoms with van der Waals surface area (Å²) < 4.78 is 11.3. The number of hydrogen-bond donors (Lipinski definition) is 2. The molecule has 0 amide bonds. The Bertz CT molecular complexity index is 752. The average Bonchev–Trinajstić information content (AvgIpc) is 2.86. The van der Waals surface area contributed by atoms with Crippen LogP contribution in [0.25, 0.3) is 0 Å². The van der Waals surface area contributed by atoms with Gasteiger partial charge in [-0.1, -0.05) is 6.92 Å². The molecule has 0 aliphatic carbocycles. The summed E-state index contributed by atoms with van der Waals surface area (Å²) in [5, 5.41) is 4.10. The largest absolute Gasteiger partial charge is 0.490 e. The van der Waals surface area contributed by atoms with Crippen LogP contribution in [0.3, 0.4) is 0 Å². The first-order valence-corrected chi connectivity index (χ1v) is 9.27. The van der Waals surface area contributed by atoms with E-state index in [2.05, 4.69) is 22.2 Å². The highest BCUT2D eigenvalue weighted by Crippen LogP contribution is 2.32. The SMILES string of the molecule is CCSc1cc(CN=C(N)Nc2ccc3c(c2)OCCCO3)ccn1. The maximum atomic E-state index is 6.00. The van der Waals surface area contributed by atoms with Crippen molar-refractivity contribution in [3.63, 3.8) is 0 Å². The topological polar surface area (TPSA) is 81.8 Å². The standard InChI is InChI=1S/C18H22N4O2S/c1-2-25-17-10-13(6-7-20-17)12-21-18(19)22-14-4-5-15-16(11-14)24-9-3-8-23-15/h4-7,10-11H,2-3,8-9,12H2,1H3,(H3,19,21,22). The van der Waals surface area contributed by atoms with E-state index in [0.717, 1.165) is 39.9 Å². The zero-order valence-electron chi connectivity index (χ0n) is 14.2. The molecule has 0 fully saturated rings. The van der Waals surface area contributed by atoms with E-state index in [1.807, 2.05) is 30.3 Å². The van der Waals surface area contributed by atoms with Crippen molar-refractivity contribution in [3.8, 4) is 11.5 Å². The average molecular weight is 358 g/mol. The third kappa shape index (κ3) is 5.03. The molecule has 2 heterocycles. The summed E-state index contributed by atoms with van der Waals surface area (Å²) in [6.45, 7) is 3.94. The van der Waals surface area contributed by atoms with Crippen LogP contribution in [-0.2, 0) is 6.54 Å². The van der Waals surface area contributed by atoms with Crippen molar-refractivity contribution in [1.29, 1.82) is 0 Å². The number of fused-ring (bicyclic) bond motifs is 1. The van der Waals surface area contributed by atoms with E-state index in [4.69, 9.17) is 15.2 Å². The van der Waals surface area contributed by atoms with Crippen LogP contribution in [0.1, 0.15) is 18.9 Å². The fourth-order valence-corrected chi connectivity index (χ4v) is 3.05. The number of guanidine groups is 1. The Labute approximate surface area is 151 Å². The molecule has 1 aromatic heterocycles. The van der Waals surface area contributed by atoms with Crippen LogP contribution in [0.5, 0.6) is 11.5 Å². The number of ether oxygens (including phenoxy) is 2. The maximum Gasteiger partial charge on any atom is 0.193 e. The lowest BCUT2D eigenvalue weighted by atomic mass is 10.2. The van der Waals surface area contributed by atoms with Gasteiger partial charge >= 0.3 is 0 Å². The third-order valence-corrected chi connectivity index (χ3v) is 4.35. The number of pyridine rings is 1. The summed E-state index contributed by atoms with van der Waals surface area (Å²) in [7, 11) is 0. The highest BCUT2D eigenvalue weighted by molar-refractivity contribution is 7.99. The molecule has 3 N–H and O–H groups in total. The molecule has 0 spiro atoms. The van der Waals surface area contributed by atoms with Gasteiger partial charge in [0.15, 0.2) is 17.5 Å². The van der Waals surface area contributed by atoms with Crippen LogP contribution >= 0.6 is 11.8 Å². The Morgan fingerprint density at radius 3 is 2.92 bits per heavy atom. The zero-order valence-corrected chi connectivity index (χ0v) is 15.0. The van der Waals surface area contributed by atoms with E-state index in [9.17, 15) is 0 Å². The van der Waals surface area contributed by atoms with Gasteiger partial charge in [-0.25, -0.2) is 9.98 Å². The second-order valence-electron chi connectivity index (χ2n) is 5.47. The highest BCUT2D eigenvalue weighted by atomic mass is 32.2. The minimum absolute atomic E-state index is 0.357. The molecule has 6 nitrogen and oxygen atoms in total. The lowest BCUT2D eigenvalue weighted by Gasteiger charge is -2.10. The van der Waals surface area contributed by atoms with Crippen molar-refractivity contribution in [2.75, 3.05) is 24.3 Å². The number of rotatable bonds is 5. The Morgan fingerprint density at radius 1 is 1.24 bits per heavy atom. The van der Waals surface area contributed by atoms with E-state index >= 15 is 0 Å². The molecule has 0 radical (unpaired) electrons. The van der Waals surface area contributed by atoms with Crippen molar-refractivity contribution in [2.24, 2.45) is 10.7 Å². The molecule has 0 bridgehead atoms. The number of anilines is 1. The van der Waals surface area contributed by atoms with Gasteiger partial charge in [-0.15, -0.1) is 11.8 Å². The van der Waals surface area contributed by atoms with E-state index in [-0.39, 0.29) is 0 Å². The van der Waals surface area contributed by atoms with Gasteiger partial charge in [-0.3, -0.25) is 0 Å². The minimum Gasteiger partial charge on any atom is -0.490 e. The number of thioether (sulfide) groups is 1. The molecular formula is C18H22N4O2S. The molecule has 2 aromatic rings. The number of aliphatic imine (C=N–C) groups is 1. The lowest BCUT2D eigenvalue weighted by molar-refractivity contribution is 0.297. The maximum absolute atomic E-state index is 6.00. The van der Waals surface area contributed by atoms with Crippen LogP contribution in [0, 0.1) is 0 Å². The van der Waals surface area contributed by atoms with Crippen molar-refractivity contribution in [3.05, 3.63) is 42.1 Å². The summed E-state index contributed by atoms with van der Waals surface area (Å²) in [6, 6.07) is 9.65. The van der Waals surface area contributed by atoms with E-state index in [1.165, 1.54) is 0 Å². The number of nitrogens with two attached hydrogens (primary N) is 1. The number of nitrogens with zero attached hydrogens (tertiary/aromatic N) is 2. The van der Waals surface area contributed by atoms with Gasteiger partial charge < -0.3 is 20.5 Å². The van der Waals surface area contributed by atoms with Gasteiger partial charge in [0.05, 0.1) is 24.8 Å². The van der Waals surface area contributed by atoms with Crippen LogP contribution in [0.2, 0.25) is 0 Å². The monoisotopic (exact) mass is 358 g/mol. The minimum atomic E-state index is 0.357. The highest BCUT2D eigenvalue weighted by Gasteiger charge is 2.10. The molecule has 132 valence electrons. The number of aromatic nitrogens is 1. The van der Waals surface area contributed by atoms with Gasteiger partial charge in [-0.05, 0) is 35.6 Å². The van der Waals surface area contributed by atoms with E-state index in [0.29, 0.717) is 25.7 Å². The molecule has 1 aliphatic rings. The van der Waals surface area contributed by atoms with Crippen molar-refractivity contribution in [1.82, 2.24) is 4.98 Å². The normalized spacial score (nSPS) is 14.0. The first-order valence-electron chi connectivity index (χ1n) is 8.29. The predicted molar refractivity (Wildman–Crippen MR) is 102 cm³/mol. The van der Waals surface area contributed by atoms with Gasteiger partial charge in [-0.2, -0.15) is 0 Å². The first-order chi connectivity index (χ1) is 12.2. The second kappa shape index (κ2) is 8.62. The Morgan fingerprint density at radius 2 is 2.08 bits per heavy atom. The molecule has 0 saturated heterocycles. The van der Waals surface area contributed by atoms with Gasteiger partial charge in [0, 0.05) is 24.4 Å². The molecule has 1 aromatic carbocycles. The summed E-state index contributed by atoms with van der Waals surface area (Å²) in [5.41, 5.74) is 7.90. The molecule has 3 rings (SSSR count). The molecular weight excluding hydrogens is 336 g/mol. The first kappa shape index (κ1) is 17.4. The predicted octanol–water partition coefficient (Wildman–Crippen LogP) is 3.28. The van der Waals surface area contributed by atoms with Gasteiger partial charge in [0.25, 0.3) is 0 Å². The van der Waals surface area contributed by atoms with E-state index in [1.54, 1.807) is 18.0 Å². The summed E-state index contributed by atoms with van der Waals surface area (Å²) >= 11 is 1.71. The third-order valence-electron chi connectivity index (χ3n) is 3.54. The fourth-order valence-electron chi connectivity index (χ4n) is 2.38. The van der Waals surface area contributed by atoms with Crippen LogP contribution < -0.4 is 20.5 Å². The van der Waals surface area contributed by atoms with Crippen molar-refractivity contribution >= 4 is 23.4 Å². The molecule has 7 heteroatoms. The van der Waals surface area contributed by atoms with Crippen LogP contribution in [0.4, 0.5) is 5.69 Å².